The second kappa shape index (κ2) is 10.8. The summed E-state index contributed by atoms with van der Waals surface area (Å²) in [7, 11) is 3.13. The third-order valence-corrected chi connectivity index (χ3v) is 5.79. The van der Waals surface area contributed by atoms with E-state index in [4.69, 9.17) is 19.7 Å². The highest BCUT2D eigenvalue weighted by atomic mass is 16.5. The molecule has 0 spiro atoms. The number of carboxylic acid groups (broad SMARTS) is 1. The number of likely N-dealkylation sites (tertiary alicyclic amines) is 1. The summed E-state index contributed by atoms with van der Waals surface area (Å²) in [4.78, 5) is 33.6. The van der Waals surface area contributed by atoms with E-state index in [1.54, 1.807) is 42.0 Å². The van der Waals surface area contributed by atoms with Gasteiger partial charge in [0.25, 0.3) is 0 Å². The van der Waals surface area contributed by atoms with Crippen molar-refractivity contribution < 1.29 is 24.2 Å². The zero-order valence-electron chi connectivity index (χ0n) is 20.0. The van der Waals surface area contributed by atoms with Gasteiger partial charge in [0.05, 0.1) is 32.1 Å². The molecular formula is C25H26N6O5. The number of rotatable bonds is 8. The van der Waals surface area contributed by atoms with Crippen LogP contribution in [0.3, 0.4) is 0 Å². The number of carboxylic acids is 1. The summed E-state index contributed by atoms with van der Waals surface area (Å²) in [5, 5.41) is 17.4. The van der Waals surface area contributed by atoms with Crippen LogP contribution in [0.1, 0.15) is 30.1 Å². The molecule has 11 nitrogen and oxygen atoms in total. The minimum absolute atomic E-state index is 0.0779. The molecule has 36 heavy (non-hydrogen) atoms. The van der Waals surface area contributed by atoms with Gasteiger partial charge in [-0.2, -0.15) is 5.10 Å². The topological polar surface area (TPSA) is 132 Å². The Kier molecular flexibility index (Phi) is 7.34. The van der Waals surface area contributed by atoms with E-state index in [2.05, 4.69) is 33.7 Å². The fourth-order valence-corrected chi connectivity index (χ4v) is 4.02. The smallest absolute Gasteiger partial charge is 0.305 e. The predicted molar refractivity (Wildman–Crippen MR) is 132 cm³/mol. The largest absolute Gasteiger partial charge is 0.497 e. The number of fused-ring (bicyclic) bond motifs is 1. The molecule has 1 fully saturated rings. The van der Waals surface area contributed by atoms with Crippen LogP contribution < -0.4 is 14.8 Å². The molecule has 2 aromatic heterocycles. The van der Waals surface area contributed by atoms with Crippen molar-refractivity contribution in [2.24, 2.45) is 0 Å². The van der Waals surface area contributed by atoms with Gasteiger partial charge < -0.3 is 24.8 Å². The maximum Gasteiger partial charge on any atom is 0.305 e. The molecule has 0 bridgehead atoms. The highest BCUT2D eigenvalue weighted by Crippen LogP contribution is 2.30. The van der Waals surface area contributed by atoms with Gasteiger partial charge in [0.1, 0.15) is 29.3 Å². The van der Waals surface area contributed by atoms with Crippen LogP contribution in [-0.2, 0) is 9.59 Å². The molecule has 0 saturated carbocycles. The van der Waals surface area contributed by atoms with Crippen LogP contribution in [0.5, 0.6) is 11.5 Å². The number of nitrogens with one attached hydrogen (secondary N) is 1. The Bertz CT molecular complexity index is 1350. The number of carbonyl (C=O) groups excluding carboxylic acids is 1. The van der Waals surface area contributed by atoms with Crippen molar-refractivity contribution in [1.82, 2.24) is 24.6 Å². The number of hydrogen-bond acceptors (Lipinski definition) is 8. The molecule has 1 aromatic carbocycles. The van der Waals surface area contributed by atoms with Crippen LogP contribution in [0.15, 0.2) is 37.2 Å². The summed E-state index contributed by atoms with van der Waals surface area (Å²) in [6.45, 7) is 4.79. The lowest BCUT2D eigenvalue weighted by Gasteiger charge is -2.14. The second-order valence-corrected chi connectivity index (χ2v) is 8.07. The number of ether oxygens (including phenoxy) is 2. The van der Waals surface area contributed by atoms with E-state index in [1.807, 2.05) is 0 Å². The number of methoxy groups -OCH3 is 2. The Morgan fingerprint density at radius 3 is 2.64 bits per heavy atom. The van der Waals surface area contributed by atoms with Crippen molar-refractivity contribution in [3.8, 4) is 23.3 Å². The third-order valence-electron chi connectivity index (χ3n) is 5.79. The Morgan fingerprint density at radius 1 is 1.22 bits per heavy atom. The van der Waals surface area contributed by atoms with Gasteiger partial charge in [-0.25, -0.2) is 14.6 Å². The number of nitrogens with zero attached hydrogens (tertiary/aromatic N) is 5. The molecule has 11 heteroatoms. The third kappa shape index (κ3) is 5.22. The lowest BCUT2D eigenvalue weighted by Crippen LogP contribution is -2.27. The van der Waals surface area contributed by atoms with Gasteiger partial charge in [-0.1, -0.05) is 12.5 Å². The maximum atomic E-state index is 12.1. The van der Waals surface area contributed by atoms with E-state index in [0.29, 0.717) is 59.1 Å². The predicted octanol–water partition coefficient (Wildman–Crippen LogP) is 2.09. The van der Waals surface area contributed by atoms with Crippen molar-refractivity contribution >= 4 is 28.7 Å². The molecular weight excluding hydrogens is 464 g/mol. The molecule has 4 rings (SSSR count). The number of anilines is 1. The molecule has 0 radical (unpaired) electrons. The summed E-state index contributed by atoms with van der Waals surface area (Å²) in [5.74, 6) is 6.80. The first-order chi connectivity index (χ1) is 17.4. The van der Waals surface area contributed by atoms with Crippen LogP contribution in [0.4, 0.5) is 5.82 Å². The number of carbonyl (C=O) groups is 2. The van der Waals surface area contributed by atoms with Crippen LogP contribution in [0, 0.1) is 11.8 Å². The standard InChI is InChI=1S/C25H26N6O5/c1-4-21(32)30-10-8-17(14-30)31-25-23(24(27-15-28-25)26-9-7-22(33)34)20(29-31)6-5-16-11-18(35-2)13-19(12-16)36-3/h4,11-13,15,17H,1,7-10,14H2,2-3H3,(H,33,34)(H,26,27,28)/t17-/m0/s1. The van der Waals surface area contributed by atoms with Crippen molar-refractivity contribution in [3.05, 3.63) is 48.4 Å². The molecule has 186 valence electrons. The summed E-state index contributed by atoms with van der Waals surface area (Å²) >= 11 is 0. The van der Waals surface area contributed by atoms with E-state index >= 15 is 0 Å². The van der Waals surface area contributed by atoms with E-state index in [9.17, 15) is 9.59 Å². The summed E-state index contributed by atoms with van der Waals surface area (Å²) in [5.41, 5.74) is 1.64. The van der Waals surface area contributed by atoms with Crippen LogP contribution in [0.25, 0.3) is 11.0 Å². The first kappa shape index (κ1) is 24.5. The molecule has 0 aliphatic carbocycles. The average Bonchev–Trinajstić information content (AvgIpc) is 3.52. The van der Waals surface area contributed by atoms with Crippen LogP contribution in [-0.4, -0.2) is 75.5 Å². The molecule has 3 aromatic rings. The fraction of sp³-hybridized carbons (Fsp3) is 0.320. The molecule has 1 aliphatic rings. The Labute approximate surface area is 207 Å². The van der Waals surface area contributed by atoms with Gasteiger partial charge in [0.15, 0.2) is 5.65 Å². The summed E-state index contributed by atoms with van der Waals surface area (Å²) in [6, 6.07) is 5.22. The molecule has 1 atom stereocenters. The van der Waals surface area contributed by atoms with E-state index < -0.39 is 5.97 Å². The van der Waals surface area contributed by atoms with Crippen LogP contribution >= 0.6 is 0 Å². The normalized spacial score (nSPS) is 14.7. The Hall–Kier alpha value is -4.59. The van der Waals surface area contributed by atoms with E-state index in [0.717, 1.165) is 0 Å². The molecule has 1 amide bonds. The van der Waals surface area contributed by atoms with Crippen molar-refractivity contribution in [2.45, 2.75) is 18.9 Å². The van der Waals surface area contributed by atoms with Gasteiger partial charge in [0, 0.05) is 31.3 Å². The fourth-order valence-electron chi connectivity index (χ4n) is 4.02. The molecule has 1 saturated heterocycles. The highest BCUT2D eigenvalue weighted by Gasteiger charge is 2.29. The molecule has 2 N–H and O–H groups in total. The number of benzene rings is 1. The number of aromatic nitrogens is 4. The first-order valence-electron chi connectivity index (χ1n) is 11.3. The lowest BCUT2D eigenvalue weighted by atomic mass is 10.2. The van der Waals surface area contributed by atoms with Gasteiger partial charge in [-0.05, 0) is 30.6 Å². The Morgan fingerprint density at radius 2 is 1.97 bits per heavy atom. The maximum absolute atomic E-state index is 12.1. The average molecular weight is 491 g/mol. The summed E-state index contributed by atoms with van der Waals surface area (Å²) in [6.07, 6.45) is 3.32. The molecule has 0 unspecified atom stereocenters. The van der Waals surface area contributed by atoms with E-state index in [1.165, 1.54) is 12.4 Å². The van der Waals surface area contributed by atoms with Gasteiger partial charge >= 0.3 is 5.97 Å². The van der Waals surface area contributed by atoms with Crippen molar-refractivity contribution in [1.29, 1.82) is 0 Å². The minimum Gasteiger partial charge on any atom is -0.497 e. The minimum atomic E-state index is -0.923. The summed E-state index contributed by atoms with van der Waals surface area (Å²) < 4.78 is 12.4. The zero-order chi connectivity index (χ0) is 25.7. The van der Waals surface area contributed by atoms with E-state index in [-0.39, 0.29) is 24.9 Å². The SMILES string of the molecule is C=CC(=O)N1CC[C@H](n2nc(C#Cc3cc(OC)cc(OC)c3)c3c(NCCC(=O)O)ncnc32)C1. The van der Waals surface area contributed by atoms with Gasteiger partial charge in [0.2, 0.25) is 5.91 Å². The molecule has 3 heterocycles. The second-order valence-electron chi connectivity index (χ2n) is 8.07. The zero-order valence-corrected chi connectivity index (χ0v) is 20.0. The monoisotopic (exact) mass is 490 g/mol. The van der Waals surface area contributed by atoms with Crippen molar-refractivity contribution in [3.63, 3.8) is 0 Å². The highest BCUT2D eigenvalue weighted by molar-refractivity contribution is 5.92. The number of amides is 1. The Balaban J connectivity index is 1.77. The van der Waals surface area contributed by atoms with Gasteiger partial charge in [-0.3, -0.25) is 9.59 Å². The lowest BCUT2D eigenvalue weighted by molar-refractivity contribution is -0.136. The van der Waals surface area contributed by atoms with Crippen LogP contribution in [0.2, 0.25) is 0 Å². The number of hydrogen-bond donors (Lipinski definition) is 2. The quantitative estimate of drug-likeness (QED) is 0.360. The number of aliphatic carboxylic acids is 1. The first-order valence-corrected chi connectivity index (χ1v) is 11.3. The molecule has 1 aliphatic heterocycles. The van der Waals surface area contributed by atoms with Crippen molar-refractivity contribution in [2.75, 3.05) is 39.2 Å². The van der Waals surface area contributed by atoms with Gasteiger partial charge in [-0.15, -0.1) is 0 Å².